The van der Waals surface area contributed by atoms with Crippen molar-refractivity contribution in [3.05, 3.63) is 65.9 Å². The fourth-order valence-corrected chi connectivity index (χ4v) is 2.68. The van der Waals surface area contributed by atoms with E-state index in [4.69, 9.17) is 9.15 Å². The van der Waals surface area contributed by atoms with Crippen LogP contribution in [0.15, 0.2) is 59.1 Å². The Balaban J connectivity index is 1.74. The van der Waals surface area contributed by atoms with Gasteiger partial charge < -0.3 is 14.5 Å². The van der Waals surface area contributed by atoms with Gasteiger partial charge in [0.2, 0.25) is 5.89 Å². The zero-order valence-electron chi connectivity index (χ0n) is 16.8. The van der Waals surface area contributed by atoms with Gasteiger partial charge in [-0.25, -0.2) is 9.78 Å². The molecule has 0 saturated carbocycles. The number of rotatable bonds is 7. The number of oxazole rings is 1. The smallest absolute Gasteiger partial charge is 0.339 e. The lowest BCUT2D eigenvalue weighted by atomic mass is 10.1. The lowest BCUT2D eigenvalue weighted by Gasteiger charge is -2.09. The van der Waals surface area contributed by atoms with Crippen LogP contribution in [0, 0.1) is 12.8 Å². The van der Waals surface area contributed by atoms with Crippen molar-refractivity contribution in [3.63, 3.8) is 0 Å². The van der Waals surface area contributed by atoms with Gasteiger partial charge in [0.25, 0.3) is 5.91 Å². The predicted octanol–water partition coefficient (Wildman–Crippen LogP) is 4.25. The summed E-state index contributed by atoms with van der Waals surface area (Å²) in [6.45, 7) is 6.19. The summed E-state index contributed by atoms with van der Waals surface area (Å²) >= 11 is 0. The van der Waals surface area contributed by atoms with Gasteiger partial charge in [-0.1, -0.05) is 55.8 Å². The number of aromatic nitrogens is 1. The Hall–Kier alpha value is -3.41. The van der Waals surface area contributed by atoms with Crippen molar-refractivity contribution in [2.75, 3.05) is 13.2 Å². The van der Waals surface area contributed by atoms with Crippen molar-refractivity contribution in [2.24, 2.45) is 5.92 Å². The molecule has 1 heterocycles. The number of carbonyl (C=O) groups excluding carboxylic acids is 2. The van der Waals surface area contributed by atoms with E-state index in [1.54, 1.807) is 30.5 Å². The maximum Gasteiger partial charge on any atom is 0.339 e. The molecule has 3 aromatic rings. The molecule has 0 aliphatic heterocycles. The highest BCUT2D eigenvalue weighted by Gasteiger charge is 2.19. The summed E-state index contributed by atoms with van der Waals surface area (Å²) in [7, 11) is 0. The summed E-state index contributed by atoms with van der Waals surface area (Å²) in [5.41, 5.74) is 2.86. The van der Waals surface area contributed by atoms with Crippen LogP contribution in [-0.2, 0) is 9.53 Å². The number of ether oxygens (including phenoxy) is 1. The first-order valence-electron chi connectivity index (χ1n) is 9.50. The minimum absolute atomic E-state index is 0.293. The number of hydrogen-bond acceptors (Lipinski definition) is 5. The minimum atomic E-state index is -0.601. The van der Waals surface area contributed by atoms with E-state index in [0.29, 0.717) is 35.2 Å². The number of nitrogens with one attached hydrogen (secondary N) is 1. The Morgan fingerprint density at radius 1 is 1.10 bits per heavy atom. The molecule has 0 radical (unpaired) electrons. The Bertz CT molecular complexity index is 990. The molecule has 0 atom stereocenters. The maximum absolute atomic E-state index is 12.5. The standard InChI is InChI=1S/C23H24N2O4/c1-15(2)12-24-21(26)14-28-23(27)19-7-5-4-6-18(19)22-25-13-20(29-22)17-10-8-16(3)9-11-17/h4-11,13,15H,12,14H2,1-3H3,(H,24,26). The molecule has 1 aromatic heterocycles. The molecule has 0 unspecified atom stereocenters. The fourth-order valence-electron chi connectivity index (χ4n) is 2.68. The van der Waals surface area contributed by atoms with Crippen LogP contribution in [-0.4, -0.2) is 30.0 Å². The first-order chi connectivity index (χ1) is 13.9. The molecule has 150 valence electrons. The number of benzene rings is 2. The number of nitrogens with zero attached hydrogens (tertiary/aromatic N) is 1. The average molecular weight is 392 g/mol. The van der Waals surface area contributed by atoms with E-state index in [2.05, 4.69) is 10.3 Å². The summed E-state index contributed by atoms with van der Waals surface area (Å²) in [4.78, 5) is 28.6. The second-order valence-electron chi connectivity index (χ2n) is 7.22. The third-order valence-corrected chi connectivity index (χ3v) is 4.26. The van der Waals surface area contributed by atoms with Gasteiger partial charge in [0.1, 0.15) is 0 Å². The van der Waals surface area contributed by atoms with Crippen molar-refractivity contribution < 1.29 is 18.7 Å². The summed E-state index contributed by atoms with van der Waals surface area (Å²) in [5.74, 6) is 0.314. The van der Waals surface area contributed by atoms with Gasteiger partial charge in [-0.15, -0.1) is 0 Å². The summed E-state index contributed by atoms with van der Waals surface area (Å²) in [6.07, 6.45) is 1.63. The Labute approximate surface area is 169 Å². The van der Waals surface area contributed by atoms with Crippen molar-refractivity contribution in [1.29, 1.82) is 0 Å². The average Bonchev–Trinajstić information content (AvgIpc) is 3.21. The van der Waals surface area contributed by atoms with Crippen LogP contribution in [0.5, 0.6) is 0 Å². The van der Waals surface area contributed by atoms with E-state index in [1.165, 1.54) is 0 Å². The molecular formula is C23H24N2O4. The highest BCUT2D eigenvalue weighted by atomic mass is 16.5. The maximum atomic E-state index is 12.5. The second-order valence-corrected chi connectivity index (χ2v) is 7.22. The molecule has 29 heavy (non-hydrogen) atoms. The molecule has 0 aliphatic carbocycles. The molecule has 6 heteroatoms. The van der Waals surface area contributed by atoms with E-state index in [1.807, 2.05) is 45.0 Å². The van der Waals surface area contributed by atoms with Gasteiger partial charge in [0.05, 0.1) is 17.3 Å². The fraction of sp³-hybridized carbons (Fsp3) is 0.261. The predicted molar refractivity (Wildman–Crippen MR) is 110 cm³/mol. The molecule has 6 nitrogen and oxygen atoms in total. The first-order valence-corrected chi connectivity index (χ1v) is 9.50. The SMILES string of the molecule is Cc1ccc(-c2cnc(-c3ccccc3C(=O)OCC(=O)NCC(C)C)o2)cc1. The Morgan fingerprint density at radius 3 is 2.55 bits per heavy atom. The van der Waals surface area contributed by atoms with Crippen LogP contribution in [0.2, 0.25) is 0 Å². The lowest BCUT2D eigenvalue weighted by Crippen LogP contribution is -2.31. The molecule has 0 saturated heterocycles. The van der Waals surface area contributed by atoms with Gasteiger partial charge in [-0.2, -0.15) is 0 Å². The van der Waals surface area contributed by atoms with E-state index < -0.39 is 5.97 Å². The van der Waals surface area contributed by atoms with E-state index in [9.17, 15) is 9.59 Å². The van der Waals surface area contributed by atoms with Gasteiger partial charge in [0, 0.05) is 12.1 Å². The number of aryl methyl sites for hydroxylation is 1. The molecule has 1 N–H and O–H groups in total. The third kappa shape index (κ3) is 5.31. The van der Waals surface area contributed by atoms with Crippen molar-refractivity contribution in [1.82, 2.24) is 10.3 Å². The van der Waals surface area contributed by atoms with Crippen molar-refractivity contribution in [2.45, 2.75) is 20.8 Å². The monoisotopic (exact) mass is 392 g/mol. The van der Waals surface area contributed by atoms with Crippen LogP contribution in [0.3, 0.4) is 0 Å². The second kappa shape index (κ2) is 9.19. The Kier molecular flexibility index (Phi) is 6.44. The molecule has 3 rings (SSSR count). The highest BCUT2D eigenvalue weighted by Crippen LogP contribution is 2.28. The minimum Gasteiger partial charge on any atom is -0.452 e. The number of hydrogen-bond donors (Lipinski definition) is 1. The van der Waals surface area contributed by atoms with E-state index in [-0.39, 0.29) is 12.5 Å². The van der Waals surface area contributed by atoms with Crippen molar-refractivity contribution in [3.8, 4) is 22.8 Å². The number of esters is 1. The molecule has 0 bridgehead atoms. The third-order valence-electron chi connectivity index (χ3n) is 4.26. The van der Waals surface area contributed by atoms with Crippen molar-refractivity contribution >= 4 is 11.9 Å². The largest absolute Gasteiger partial charge is 0.452 e. The zero-order valence-corrected chi connectivity index (χ0v) is 16.8. The quantitative estimate of drug-likeness (QED) is 0.608. The molecule has 0 spiro atoms. The normalized spacial score (nSPS) is 10.8. The van der Waals surface area contributed by atoms with Gasteiger partial charge >= 0.3 is 5.97 Å². The number of amides is 1. The topological polar surface area (TPSA) is 81.4 Å². The molecule has 0 fully saturated rings. The number of carbonyl (C=O) groups is 2. The summed E-state index contributed by atoms with van der Waals surface area (Å²) < 4.78 is 11.0. The molecular weight excluding hydrogens is 368 g/mol. The first kappa shape index (κ1) is 20.3. The van der Waals surface area contributed by atoms with Crippen LogP contribution < -0.4 is 5.32 Å². The van der Waals surface area contributed by atoms with Crippen LogP contribution in [0.25, 0.3) is 22.8 Å². The summed E-state index contributed by atoms with van der Waals surface area (Å²) in [6, 6.07) is 14.8. The molecule has 0 aliphatic rings. The van der Waals surface area contributed by atoms with Gasteiger partial charge in [-0.3, -0.25) is 4.79 Å². The summed E-state index contributed by atoms with van der Waals surface area (Å²) in [5, 5.41) is 2.71. The molecule has 2 aromatic carbocycles. The Morgan fingerprint density at radius 2 is 1.83 bits per heavy atom. The van der Waals surface area contributed by atoms with Gasteiger partial charge in [-0.05, 0) is 25.0 Å². The molecule has 1 amide bonds. The van der Waals surface area contributed by atoms with Crippen LogP contribution >= 0.6 is 0 Å². The van der Waals surface area contributed by atoms with Crippen LogP contribution in [0.4, 0.5) is 0 Å². The van der Waals surface area contributed by atoms with Gasteiger partial charge in [0.15, 0.2) is 12.4 Å². The lowest BCUT2D eigenvalue weighted by molar-refractivity contribution is -0.124. The van der Waals surface area contributed by atoms with Crippen LogP contribution in [0.1, 0.15) is 29.8 Å². The van der Waals surface area contributed by atoms with E-state index >= 15 is 0 Å². The highest BCUT2D eigenvalue weighted by molar-refractivity contribution is 5.97. The zero-order chi connectivity index (χ0) is 20.8. The van der Waals surface area contributed by atoms with E-state index in [0.717, 1.165) is 11.1 Å².